The Kier molecular flexibility index (Phi) is 9.56. The number of nitriles is 1. The van der Waals surface area contributed by atoms with E-state index < -0.39 is 11.9 Å². The van der Waals surface area contributed by atoms with Crippen LogP contribution in [0, 0.1) is 17.3 Å². The molecule has 2 aromatic rings. The van der Waals surface area contributed by atoms with Crippen molar-refractivity contribution in [2.45, 2.75) is 25.8 Å². The molecule has 1 N–H and O–H groups in total. The van der Waals surface area contributed by atoms with Gasteiger partial charge in [0.15, 0.2) is 0 Å². The fourth-order valence-electron chi connectivity index (χ4n) is 3.81. The molecular weight excluding hydrogens is 433 g/mol. The Morgan fingerprint density at radius 1 is 1.24 bits per heavy atom. The number of aromatic nitrogens is 1. The van der Waals surface area contributed by atoms with Gasteiger partial charge >= 0.3 is 0 Å². The number of nitrogens with zero attached hydrogens (tertiary/aromatic N) is 4. The third-order valence-electron chi connectivity index (χ3n) is 5.83. The van der Waals surface area contributed by atoms with Crippen LogP contribution in [0.2, 0.25) is 0 Å². The largest absolute Gasteiger partial charge is 0.492 e. The van der Waals surface area contributed by atoms with Crippen molar-refractivity contribution >= 4 is 12.0 Å². The van der Waals surface area contributed by atoms with Crippen molar-refractivity contribution in [1.29, 1.82) is 5.26 Å². The van der Waals surface area contributed by atoms with Gasteiger partial charge in [-0.25, -0.2) is 4.98 Å². The monoisotopic (exact) mass is 465 g/mol. The minimum absolute atomic E-state index is 0.122. The fourth-order valence-corrected chi connectivity index (χ4v) is 3.81. The second-order valence-corrected chi connectivity index (χ2v) is 8.43. The van der Waals surface area contributed by atoms with Crippen LogP contribution in [-0.4, -0.2) is 67.1 Å². The predicted molar refractivity (Wildman–Crippen MR) is 129 cm³/mol. The molecule has 1 atom stereocenters. The van der Waals surface area contributed by atoms with Gasteiger partial charge in [0.05, 0.1) is 11.7 Å². The fraction of sp³-hybridized carbons (Fsp3) is 0.423. The summed E-state index contributed by atoms with van der Waals surface area (Å²) < 4.78 is 19.2. The van der Waals surface area contributed by atoms with E-state index in [1.165, 1.54) is 18.2 Å². The zero-order valence-corrected chi connectivity index (χ0v) is 19.8. The molecule has 1 aliphatic rings. The summed E-state index contributed by atoms with van der Waals surface area (Å²) in [6.45, 7) is 7.85. The number of halogens is 1. The van der Waals surface area contributed by atoms with E-state index in [-0.39, 0.29) is 17.3 Å². The number of pyridine rings is 1. The normalized spacial score (nSPS) is 16.0. The Morgan fingerprint density at radius 3 is 2.62 bits per heavy atom. The Morgan fingerprint density at radius 2 is 1.97 bits per heavy atom. The summed E-state index contributed by atoms with van der Waals surface area (Å²) in [5, 5.41) is 12.4. The molecule has 3 rings (SSSR count). The van der Waals surface area contributed by atoms with Crippen LogP contribution in [0.25, 0.3) is 6.08 Å². The molecule has 7 nitrogen and oxygen atoms in total. The molecule has 8 heteroatoms. The van der Waals surface area contributed by atoms with E-state index in [9.17, 15) is 14.4 Å². The first-order valence-electron chi connectivity index (χ1n) is 11.7. The number of benzene rings is 1. The molecule has 0 spiro atoms. The Bertz CT molecular complexity index is 1010. The highest BCUT2D eigenvalue weighted by atomic mass is 19.1. The maximum absolute atomic E-state index is 13.3. The van der Waals surface area contributed by atoms with Gasteiger partial charge in [0.2, 0.25) is 5.95 Å². The standard InChI is InChI=1S/C26H32FN5O2/c1-3-5-24(30-26(33)21(19-28)18-22-6-4-7-25(27)29-22)20-8-10-23(11-9-20)34-17-16-32-14-12-31(2)13-15-32/h4,6-11,18,24H,3,5,12-17H2,1-2H3,(H,30,33). The Hall–Kier alpha value is -3.28. The lowest BCUT2D eigenvalue weighted by atomic mass is 10.0. The van der Waals surface area contributed by atoms with Crippen molar-refractivity contribution in [3.8, 4) is 11.8 Å². The van der Waals surface area contributed by atoms with Gasteiger partial charge in [0.25, 0.3) is 5.91 Å². The zero-order valence-electron chi connectivity index (χ0n) is 19.8. The summed E-state index contributed by atoms with van der Waals surface area (Å²) in [7, 11) is 2.14. The SMILES string of the molecule is CCCC(NC(=O)C(C#N)=Cc1cccc(F)n1)c1ccc(OCCN2CCN(C)CC2)cc1. The summed E-state index contributed by atoms with van der Waals surface area (Å²) in [6.07, 6.45) is 2.86. The van der Waals surface area contributed by atoms with Gasteiger partial charge in [-0.15, -0.1) is 0 Å². The third kappa shape index (κ3) is 7.65. The first-order valence-corrected chi connectivity index (χ1v) is 11.7. The van der Waals surface area contributed by atoms with Crippen LogP contribution in [0.5, 0.6) is 5.75 Å². The highest BCUT2D eigenvalue weighted by molar-refractivity contribution is 6.01. The molecule has 180 valence electrons. The van der Waals surface area contributed by atoms with Gasteiger partial charge in [0, 0.05) is 32.7 Å². The Balaban J connectivity index is 1.58. The molecule has 1 aliphatic heterocycles. The van der Waals surface area contributed by atoms with Gasteiger partial charge in [-0.3, -0.25) is 9.69 Å². The van der Waals surface area contributed by atoms with E-state index in [0.29, 0.717) is 13.0 Å². The molecule has 2 heterocycles. The van der Waals surface area contributed by atoms with E-state index in [4.69, 9.17) is 4.74 Å². The zero-order chi connectivity index (χ0) is 24.3. The second kappa shape index (κ2) is 12.8. The van der Waals surface area contributed by atoms with Gasteiger partial charge in [0.1, 0.15) is 24.0 Å². The highest BCUT2D eigenvalue weighted by Crippen LogP contribution is 2.22. The summed E-state index contributed by atoms with van der Waals surface area (Å²) in [5.41, 5.74) is 1.03. The van der Waals surface area contributed by atoms with Gasteiger partial charge < -0.3 is 15.0 Å². The molecule has 1 aromatic heterocycles. The molecule has 0 radical (unpaired) electrons. The molecule has 0 bridgehead atoms. The summed E-state index contributed by atoms with van der Waals surface area (Å²) >= 11 is 0. The van der Waals surface area contributed by atoms with Gasteiger partial charge in [-0.1, -0.05) is 31.5 Å². The summed E-state index contributed by atoms with van der Waals surface area (Å²) in [4.78, 5) is 21.2. The molecule has 1 aromatic carbocycles. The lowest BCUT2D eigenvalue weighted by Crippen LogP contribution is -2.45. The third-order valence-corrected chi connectivity index (χ3v) is 5.83. The number of piperazine rings is 1. The van der Waals surface area contributed by atoms with Crippen molar-refractivity contribution in [3.05, 3.63) is 65.2 Å². The van der Waals surface area contributed by atoms with Crippen LogP contribution in [0.4, 0.5) is 4.39 Å². The van der Waals surface area contributed by atoms with Crippen molar-refractivity contribution < 1.29 is 13.9 Å². The van der Waals surface area contributed by atoms with Crippen molar-refractivity contribution in [3.63, 3.8) is 0 Å². The van der Waals surface area contributed by atoms with Gasteiger partial charge in [-0.05, 0) is 49.4 Å². The van der Waals surface area contributed by atoms with Crippen LogP contribution in [0.3, 0.4) is 0 Å². The van der Waals surface area contributed by atoms with E-state index in [2.05, 4.69) is 27.1 Å². The highest BCUT2D eigenvalue weighted by Gasteiger charge is 2.18. The molecule has 1 amide bonds. The topological polar surface area (TPSA) is 81.5 Å². The number of nitrogens with one attached hydrogen (secondary N) is 1. The average molecular weight is 466 g/mol. The smallest absolute Gasteiger partial charge is 0.262 e. The molecule has 0 aliphatic carbocycles. The number of carbonyl (C=O) groups excluding carboxylic acids is 1. The Labute approximate surface area is 200 Å². The number of ether oxygens (including phenoxy) is 1. The first kappa shape index (κ1) is 25.3. The van der Waals surface area contributed by atoms with Crippen LogP contribution in [0.1, 0.15) is 37.1 Å². The van der Waals surface area contributed by atoms with Crippen molar-refractivity contribution in [2.24, 2.45) is 0 Å². The summed E-state index contributed by atoms with van der Waals surface area (Å²) in [6, 6.07) is 13.6. The number of likely N-dealkylation sites (N-methyl/N-ethyl adjacent to an activating group) is 1. The van der Waals surface area contributed by atoms with Crippen LogP contribution in [0.15, 0.2) is 48.0 Å². The summed E-state index contributed by atoms with van der Waals surface area (Å²) in [5.74, 6) is -0.394. The molecule has 0 saturated carbocycles. The first-order chi connectivity index (χ1) is 16.5. The van der Waals surface area contributed by atoms with Gasteiger partial charge in [-0.2, -0.15) is 9.65 Å². The molecule has 1 unspecified atom stereocenters. The van der Waals surface area contributed by atoms with E-state index in [1.807, 2.05) is 37.3 Å². The van der Waals surface area contributed by atoms with Crippen LogP contribution >= 0.6 is 0 Å². The maximum Gasteiger partial charge on any atom is 0.262 e. The number of carbonyl (C=O) groups is 1. The van der Waals surface area contributed by atoms with Crippen molar-refractivity contribution in [2.75, 3.05) is 46.4 Å². The lowest BCUT2D eigenvalue weighted by Gasteiger charge is -2.32. The molecule has 1 fully saturated rings. The quantitative estimate of drug-likeness (QED) is 0.329. The average Bonchev–Trinajstić information content (AvgIpc) is 2.84. The second-order valence-electron chi connectivity index (χ2n) is 8.43. The minimum atomic E-state index is -0.666. The maximum atomic E-state index is 13.3. The van der Waals surface area contributed by atoms with E-state index in [0.717, 1.165) is 50.5 Å². The van der Waals surface area contributed by atoms with Crippen molar-refractivity contribution in [1.82, 2.24) is 20.1 Å². The number of amides is 1. The molecule has 1 saturated heterocycles. The number of rotatable bonds is 10. The minimum Gasteiger partial charge on any atom is -0.492 e. The number of hydrogen-bond acceptors (Lipinski definition) is 6. The van der Waals surface area contributed by atoms with E-state index in [1.54, 1.807) is 6.07 Å². The molecule has 34 heavy (non-hydrogen) atoms. The van der Waals surface area contributed by atoms with E-state index >= 15 is 0 Å². The molecular formula is C26H32FN5O2. The van der Waals surface area contributed by atoms with Crippen LogP contribution in [-0.2, 0) is 4.79 Å². The number of hydrogen-bond donors (Lipinski definition) is 1. The predicted octanol–water partition coefficient (Wildman–Crippen LogP) is 3.41. The van der Waals surface area contributed by atoms with Crippen LogP contribution < -0.4 is 10.1 Å². The lowest BCUT2D eigenvalue weighted by molar-refractivity contribution is -0.117.